The smallest absolute Gasteiger partial charge is 0.213 e. The molecule has 1 atom stereocenters. The van der Waals surface area contributed by atoms with Gasteiger partial charge in [0.2, 0.25) is 6.39 Å². The van der Waals surface area contributed by atoms with Crippen molar-refractivity contribution in [2.24, 2.45) is 0 Å². The number of aliphatic hydroxyl groups excluding tert-OH is 1. The SMILES string of the molecule is OC(CNCCc1ncon1)COC1CCCC1. The molecule has 0 spiro atoms. The Balaban J connectivity index is 1.47. The molecule has 0 radical (unpaired) electrons. The molecule has 0 amide bonds. The number of hydrogen-bond donors (Lipinski definition) is 2. The van der Waals surface area contributed by atoms with E-state index in [1.54, 1.807) is 0 Å². The lowest BCUT2D eigenvalue weighted by Gasteiger charge is -2.15. The topological polar surface area (TPSA) is 80.4 Å². The van der Waals surface area contributed by atoms with Crippen LogP contribution in [0.1, 0.15) is 31.5 Å². The molecule has 0 aliphatic heterocycles. The van der Waals surface area contributed by atoms with Gasteiger partial charge in [-0.05, 0) is 12.8 Å². The van der Waals surface area contributed by atoms with Gasteiger partial charge in [-0.25, -0.2) is 0 Å². The summed E-state index contributed by atoms with van der Waals surface area (Å²) in [6.07, 6.45) is 6.71. The Morgan fingerprint density at radius 1 is 1.50 bits per heavy atom. The standard InChI is InChI=1S/C12H21N3O3/c16-10(8-17-11-3-1-2-4-11)7-13-6-5-12-14-9-18-15-12/h9-11,13,16H,1-8H2. The van der Waals surface area contributed by atoms with E-state index in [0.717, 1.165) is 19.4 Å². The minimum atomic E-state index is -0.448. The molecular weight excluding hydrogens is 234 g/mol. The highest BCUT2D eigenvalue weighted by Crippen LogP contribution is 2.20. The van der Waals surface area contributed by atoms with Crippen molar-refractivity contribution in [1.29, 1.82) is 0 Å². The van der Waals surface area contributed by atoms with Crippen LogP contribution in [-0.4, -0.2) is 47.2 Å². The molecule has 0 aromatic carbocycles. The van der Waals surface area contributed by atoms with Crippen LogP contribution in [-0.2, 0) is 11.2 Å². The summed E-state index contributed by atoms with van der Waals surface area (Å²) in [5.41, 5.74) is 0. The number of rotatable bonds is 8. The van der Waals surface area contributed by atoms with Gasteiger partial charge in [-0.2, -0.15) is 4.98 Å². The second kappa shape index (κ2) is 7.45. The molecule has 1 aliphatic rings. The van der Waals surface area contributed by atoms with Crippen molar-refractivity contribution in [3.05, 3.63) is 12.2 Å². The molecule has 1 heterocycles. The van der Waals surface area contributed by atoms with Crippen LogP contribution in [0.5, 0.6) is 0 Å². The monoisotopic (exact) mass is 255 g/mol. The minimum Gasteiger partial charge on any atom is -0.389 e. The first kappa shape index (κ1) is 13.5. The van der Waals surface area contributed by atoms with E-state index in [2.05, 4.69) is 20.0 Å². The number of aliphatic hydroxyl groups is 1. The van der Waals surface area contributed by atoms with Gasteiger partial charge < -0.3 is 19.7 Å². The Hall–Kier alpha value is -0.980. The fraction of sp³-hybridized carbons (Fsp3) is 0.833. The third-order valence-electron chi connectivity index (χ3n) is 3.14. The van der Waals surface area contributed by atoms with Crippen LogP contribution >= 0.6 is 0 Å². The van der Waals surface area contributed by atoms with Gasteiger partial charge in [0.05, 0.1) is 18.8 Å². The first-order valence-electron chi connectivity index (χ1n) is 6.60. The van der Waals surface area contributed by atoms with Crippen LogP contribution < -0.4 is 5.32 Å². The molecule has 1 fully saturated rings. The zero-order valence-electron chi connectivity index (χ0n) is 10.5. The molecule has 18 heavy (non-hydrogen) atoms. The summed E-state index contributed by atoms with van der Waals surface area (Å²) >= 11 is 0. The molecule has 1 unspecified atom stereocenters. The summed E-state index contributed by atoms with van der Waals surface area (Å²) in [5.74, 6) is 0.680. The number of nitrogens with one attached hydrogen (secondary N) is 1. The van der Waals surface area contributed by atoms with Crippen LogP contribution in [0.25, 0.3) is 0 Å². The van der Waals surface area contributed by atoms with E-state index in [1.165, 1.54) is 19.2 Å². The molecular formula is C12H21N3O3. The molecule has 0 saturated heterocycles. The number of aromatic nitrogens is 2. The van der Waals surface area contributed by atoms with Crippen LogP contribution in [0.15, 0.2) is 10.9 Å². The summed E-state index contributed by atoms with van der Waals surface area (Å²) in [6.45, 7) is 1.67. The average molecular weight is 255 g/mol. The summed E-state index contributed by atoms with van der Waals surface area (Å²) in [4.78, 5) is 3.92. The van der Waals surface area contributed by atoms with E-state index in [-0.39, 0.29) is 0 Å². The Bertz CT molecular complexity index is 312. The quantitative estimate of drug-likeness (QED) is 0.659. The summed E-state index contributed by atoms with van der Waals surface area (Å²) in [6, 6.07) is 0. The highest BCUT2D eigenvalue weighted by atomic mass is 16.5. The van der Waals surface area contributed by atoms with Gasteiger partial charge in [0, 0.05) is 19.5 Å². The first-order chi connectivity index (χ1) is 8.84. The van der Waals surface area contributed by atoms with E-state index in [0.29, 0.717) is 31.5 Å². The zero-order chi connectivity index (χ0) is 12.6. The van der Waals surface area contributed by atoms with Crippen molar-refractivity contribution in [1.82, 2.24) is 15.5 Å². The minimum absolute atomic E-state index is 0.360. The van der Waals surface area contributed by atoms with E-state index in [4.69, 9.17) is 4.74 Å². The van der Waals surface area contributed by atoms with E-state index >= 15 is 0 Å². The number of ether oxygens (including phenoxy) is 1. The van der Waals surface area contributed by atoms with Gasteiger partial charge >= 0.3 is 0 Å². The molecule has 0 bridgehead atoms. The largest absolute Gasteiger partial charge is 0.389 e. The fourth-order valence-corrected chi connectivity index (χ4v) is 2.13. The van der Waals surface area contributed by atoms with Crippen molar-refractivity contribution in [2.45, 2.75) is 44.3 Å². The van der Waals surface area contributed by atoms with Crippen molar-refractivity contribution in [2.75, 3.05) is 19.7 Å². The van der Waals surface area contributed by atoms with Crippen molar-refractivity contribution < 1.29 is 14.4 Å². The highest BCUT2D eigenvalue weighted by Gasteiger charge is 2.16. The van der Waals surface area contributed by atoms with Crippen LogP contribution in [0.4, 0.5) is 0 Å². The van der Waals surface area contributed by atoms with Gasteiger partial charge in [-0.3, -0.25) is 0 Å². The lowest BCUT2D eigenvalue weighted by molar-refractivity contribution is -0.00531. The Morgan fingerprint density at radius 2 is 2.33 bits per heavy atom. The normalized spacial score (nSPS) is 18.3. The van der Waals surface area contributed by atoms with Crippen LogP contribution in [0.2, 0.25) is 0 Å². The molecule has 1 aromatic heterocycles. The van der Waals surface area contributed by atoms with Crippen molar-refractivity contribution >= 4 is 0 Å². The molecule has 2 rings (SSSR count). The van der Waals surface area contributed by atoms with E-state index < -0.39 is 6.10 Å². The zero-order valence-corrected chi connectivity index (χ0v) is 10.5. The molecule has 6 heteroatoms. The molecule has 102 valence electrons. The first-order valence-corrected chi connectivity index (χ1v) is 6.60. The maximum atomic E-state index is 9.73. The van der Waals surface area contributed by atoms with Gasteiger partial charge in [0.1, 0.15) is 0 Å². The summed E-state index contributed by atoms with van der Waals surface area (Å²) in [5, 5.41) is 16.6. The van der Waals surface area contributed by atoms with E-state index in [1.807, 2.05) is 0 Å². The predicted molar refractivity (Wildman–Crippen MR) is 65.1 cm³/mol. The second-order valence-electron chi connectivity index (χ2n) is 4.70. The van der Waals surface area contributed by atoms with E-state index in [9.17, 15) is 5.11 Å². The molecule has 1 saturated carbocycles. The maximum Gasteiger partial charge on any atom is 0.213 e. The van der Waals surface area contributed by atoms with Gasteiger partial charge in [-0.15, -0.1) is 0 Å². The molecule has 2 N–H and O–H groups in total. The molecule has 1 aliphatic carbocycles. The maximum absolute atomic E-state index is 9.73. The Kier molecular flexibility index (Phi) is 5.57. The Morgan fingerprint density at radius 3 is 3.06 bits per heavy atom. The molecule has 6 nitrogen and oxygen atoms in total. The lowest BCUT2D eigenvalue weighted by atomic mass is 10.3. The third kappa shape index (κ3) is 4.72. The second-order valence-corrected chi connectivity index (χ2v) is 4.70. The van der Waals surface area contributed by atoms with Crippen molar-refractivity contribution in [3.8, 4) is 0 Å². The van der Waals surface area contributed by atoms with Crippen molar-refractivity contribution in [3.63, 3.8) is 0 Å². The predicted octanol–water partition coefficient (Wildman–Crippen LogP) is 0.522. The van der Waals surface area contributed by atoms with Gasteiger partial charge in [0.15, 0.2) is 5.82 Å². The highest BCUT2D eigenvalue weighted by molar-refractivity contribution is 4.78. The molecule has 1 aromatic rings. The Labute approximate surface area is 107 Å². The van der Waals surface area contributed by atoms with Crippen LogP contribution in [0.3, 0.4) is 0 Å². The summed E-state index contributed by atoms with van der Waals surface area (Å²) < 4.78 is 10.3. The average Bonchev–Trinajstić information content (AvgIpc) is 3.04. The van der Waals surface area contributed by atoms with Gasteiger partial charge in [0.25, 0.3) is 0 Å². The lowest BCUT2D eigenvalue weighted by Crippen LogP contribution is -2.32. The van der Waals surface area contributed by atoms with Gasteiger partial charge in [-0.1, -0.05) is 18.0 Å². The fourth-order valence-electron chi connectivity index (χ4n) is 2.13. The van der Waals surface area contributed by atoms with Crippen LogP contribution in [0, 0.1) is 0 Å². The third-order valence-corrected chi connectivity index (χ3v) is 3.14. The number of hydrogen-bond acceptors (Lipinski definition) is 6. The summed E-state index contributed by atoms with van der Waals surface area (Å²) in [7, 11) is 0. The number of nitrogens with zero attached hydrogens (tertiary/aromatic N) is 2.